The van der Waals surface area contributed by atoms with Crippen LogP contribution in [0.3, 0.4) is 0 Å². The summed E-state index contributed by atoms with van der Waals surface area (Å²) >= 11 is 0. The molecule has 0 aromatic carbocycles. The van der Waals surface area contributed by atoms with Crippen molar-refractivity contribution in [2.45, 2.75) is 18.6 Å². The minimum absolute atomic E-state index is 0.233. The van der Waals surface area contributed by atoms with Crippen LogP contribution < -0.4 is 10.4 Å². The van der Waals surface area contributed by atoms with Crippen molar-refractivity contribution in [3.63, 3.8) is 0 Å². The van der Waals surface area contributed by atoms with Crippen LogP contribution in [0.4, 0.5) is 5.95 Å². The third-order valence-electron chi connectivity index (χ3n) is 3.16. The quantitative estimate of drug-likeness (QED) is 0.535. The van der Waals surface area contributed by atoms with Crippen molar-refractivity contribution in [2.24, 2.45) is 0 Å². The SMILES string of the molecule is O=C(NO)c1cnc(N2CC3CC2CO3)nc1. The van der Waals surface area contributed by atoms with Crippen LogP contribution in [0.1, 0.15) is 16.8 Å². The predicted molar refractivity (Wildman–Crippen MR) is 56.8 cm³/mol. The molecule has 2 unspecified atom stereocenters. The minimum atomic E-state index is -0.608. The van der Waals surface area contributed by atoms with E-state index in [-0.39, 0.29) is 11.7 Å². The first-order chi connectivity index (χ1) is 8.28. The molecule has 2 saturated heterocycles. The van der Waals surface area contributed by atoms with Crippen molar-refractivity contribution in [1.29, 1.82) is 0 Å². The van der Waals surface area contributed by atoms with E-state index in [0.717, 1.165) is 13.0 Å². The summed E-state index contributed by atoms with van der Waals surface area (Å²) in [6.07, 6.45) is 4.10. The molecular formula is C10H12N4O3. The minimum Gasteiger partial charge on any atom is -0.374 e. The molecule has 0 radical (unpaired) electrons. The number of hydroxylamine groups is 1. The molecule has 2 aliphatic heterocycles. The first kappa shape index (κ1) is 10.4. The molecule has 3 rings (SSSR count). The van der Waals surface area contributed by atoms with Crippen molar-refractivity contribution >= 4 is 11.9 Å². The number of morpholine rings is 1. The van der Waals surface area contributed by atoms with E-state index in [4.69, 9.17) is 9.94 Å². The fourth-order valence-corrected chi connectivity index (χ4v) is 2.30. The molecule has 2 atom stereocenters. The highest BCUT2D eigenvalue weighted by Gasteiger charge is 2.40. The molecule has 7 heteroatoms. The Morgan fingerprint density at radius 3 is 2.82 bits per heavy atom. The lowest BCUT2D eigenvalue weighted by atomic mass is 10.2. The van der Waals surface area contributed by atoms with E-state index in [1.807, 2.05) is 0 Å². The molecule has 7 nitrogen and oxygen atoms in total. The average Bonchev–Trinajstić information content (AvgIpc) is 3.00. The molecule has 0 aliphatic carbocycles. The van der Waals surface area contributed by atoms with Crippen LogP contribution in [0.25, 0.3) is 0 Å². The maximum absolute atomic E-state index is 11.1. The highest BCUT2D eigenvalue weighted by molar-refractivity contribution is 5.92. The Labute approximate surface area is 97.4 Å². The zero-order valence-electron chi connectivity index (χ0n) is 9.04. The number of rotatable bonds is 2. The summed E-state index contributed by atoms with van der Waals surface area (Å²) in [5, 5.41) is 8.47. The van der Waals surface area contributed by atoms with Crippen molar-refractivity contribution in [3.05, 3.63) is 18.0 Å². The number of aromatic nitrogens is 2. The topological polar surface area (TPSA) is 87.6 Å². The molecule has 2 N–H and O–H groups in total. The third-order valence-corrected chi connectivity index (χ3v) is 3.16. The maximum atomic E-state index is 11.1. The second-order valence-electron chi connectivity index (χ2n) is 4.21. The molecule has 0 spiro atoms. The molecule has 2 fully saturated rings. The summed E-state index contributed by atoms with van der Waals surface area (Å²) in [5.74, 6) is -0.00174. The van der Waals surface area contributed by atoms with Crippen LogP contribution in [0.2, 0.25) is 0 Å². The van der Waals surface area contributed by atoms with Gasteiger partial charge < -0.3 is 9.64 Å². The number of ether oxygens (including phenoxy) is 1. The number of nitrogens with zero attached hydrogens (tertiary/aromatic N) is 3. The van der Waals surface area contributed by atoms with Gasteiger partial charge >= 0.3 is 0 Å². The van der Waals surface area contributed by atoms with E-state index in [2.05, 4.69) is 14.9 Å². The number of hydrogen-bond acceptors (Lipinski definition) is 6. The van der Waals surface area contributed by atoms with E-state index >= 15 is 0 Å². The number of anilines is 1. The highest BCUT2D eigenvalue weighted by atomic mass is 16.5. The predicted octanol–water partition coefficient (Wildman–Crippen LogP) is -0.427. The Morgan fingerprint density at radius 1 is 1.53 bits per heavy atom. The molecular weight excluding hydrogens is 224 g/mol. The highest BCUT2D eigenvalue weighted by Crippen LogP contribution is 2.30. The van der Waals surface area contributed by atoms with Gasteiger partial charge in [-0.1, -0.05) is 0 Å². The Balaban J connectivity index is 1.78. The first-order valence-electron chi connectivity index (χ1n) is 5.42. The zero-order valence-corrected chi connectivity index (χ0v) is 9.04. The standard InChI is InChI=1S/C10H12N4O3/c15-9(13-16)6-2-11-10(12-3-6)14-4-8-1-7(14)5-17-8/h2-3,7-8,16H,1,4-5H2,(H,13,15). The van der Waals surface area contributed by atoms with Gasteiger partial charge in [0, 0.05) is 18.9 Å². The largest absolute Gasteiger partial charge is 0.374 e. The Morgan fingerprint density at radius 2 is 2.29 bits per heavy atom. The van der Waals surface area contributed by atoms with Crippen LogP contribution in [-0.4, -0.2) is 46.4 Å². The van der Waals surface area contributed by atoms with Gasteiger partial charge in [-0.25, -0.2) is 15.4 Å². The zero-order chi connectivity index (χ0) is 11.8. The van der Waals surface area contributed by atoms with Gasteiger partial charge in [-0.05, 0) is 6.42 Å². The van der Waals surface area contributed by atoms with Gasteiger partial charge in [0.2, 0.25) is 5.95 Å². The monoisotopic (exact) mass is 236 g/mol. The third kappa shape index (κ3) is 1.73. The lowest BCUT2D eigenvalue weighted by Crippen LogP contribution is -2.38. The average molecular weight is 236 g/mol. The van der Waals surface area contributed by atoms with Crippen LogP contribution in [-0.2, 0) is 4.74 Å². The summed E-state index contributed by atoms with van der Waals surface area (Å²) in [6.45, 7) is 1.52. The van der Waals surface area contributed by atoms with Gasteiger partial charge in [-0.2, -0.15) is 0 Å². The van der Waals surface area contributed by atoms with Gasteiger partial charge in [0.1, 0.15) is 0 Å². The van der Waals surface area contributed by atoms with Crippen molar-refractivity contribution in [3.8, 4) is 0 Å². The van der Waals surface area contributed by atoms with E-state index in [0.29, 0.717) is 18.6 Å². The van der Waals surface area contributed by atoms with Crippen LogP contribution in [0.15, 0.2) is 12.4 Å². The lowest BCUT2D eigenvalue weighted by molar-refractivity contribution is 0.0705. The van der Waals surface area contributed by atoms with Gasteiger partial charge in [0.25, 0.3) is 5.91 Å². The molecule has 1 amide bonds. The second kappa shape index (κ2) is 3.94. The number of carbonyl (C=O) groups excluding carboxylic acids is 1. The molecule has 0 saturated carbocycles. The molecule has 17 heavy (non-hydrogen) atoms. The maximum Gasteiger partial charge on any atom is 0.277 e. The molecule has 1 aromatic rings. The summed E-state index contributed by atoms with van der Waals surface area (Å²) in [7, 11) is 0. The fourth-order valence-electron chi connectivity index (χ4n) is 2.30. The number of hydrogen-bond donors (Lipinski definition) is 2. The number of amides is 1. The number of fused-ring (bicyclic) bond motifs is 2. The lowest BCUT2D eigenvalue weighted by Gasteiger charge is -2.26. The molecule has 2 bridgehead atoms. The van der Waals surface area contributed by atoms with E-state index < -0.39 is 5.91 Å². The Kier molecular flexibility index (Phi) is 2.41. The molecule has 3 heterocycles. The first-order valence-corrected chi connectivity index (χ1v) is 5.42. The number of nitrogens with one attached hydrogen (secondary N) is 1. The van der Waals surface area contributed by atoms with Crippen molar-refractivity contribution in [1.82, 2.24) is 15.4 Å². The van der Waals surface area contributed by atoms with Gasteiger partial charge in [0.05, 0.1) is 24.3 Å². The van der Waals surface area contributed by atoms with Crippen molar-refractivity contribution < 1.29 is 14.7 Å². The van der Waals surface area contributed by atoms with E-state index in [1.165, 1.54) is 12.4 Å². The van der Waals surface area contributed by atoms with Gasteiger partial charge in [0.15, 0.2) is 0 Å². The Hall–Kier alpha value is -1.73. The molecule has 2 aliphatic rings. The van der Waals surface area contributed by atoms with Crippen LogP contribution >= 0.6 is 0 Å². The summed E-state index contributed by atoms with van der Waals surface area (Å²) in [4.78, 5) is 21.5. The second-order valence-corrected chi connectivity index (χ2v) is 4.21. The summed E-state index contributed by atoms with van der Waals surface area (Å²) < 4.78 is 5.49. The normalized spacial score (nSPS) is 26.3. The molecule has 90 valence electrons. The fraction of sp³-hybridized carbons (Fsp3) is 0.500. The van der Waals surface area contributed by atoms with E-state index in [9.17, 15) is 4.79 Å². The summed E-state index contributed by atoms with van der Waals surface area (Å²) in [5.41, 5.74) is 1.78. The Bertz CT molecular complexity index is 436. The van der Waals surface area contributed by atoms with Crippen LogP contribution in [0.5, 0.6) is 0 Å². The van der Waals surface area contributed by atoms with Gasteiger partial charge in [-0.3, -0.25) is 10.0 Å². The molecule has 1 aromatic heterocycles. The van der Waals surface area contributed by atoms with Crippen molar-refractivity contribution in [2.75, 3.05) is 18.1 Å². The van der Waals surface area contributed by atoms with Gasteiger partial charge in [-0.15, -0.1) is 0 Å². The van der Waals surface area contributed by atoms with E-state index in [1.54, 1.807) is 5.48 Å². The number of carbonyl (C=O) groups is 1. The van der Waals surface area contributed by atoms with Crippen LogP contribution in [0, 0.1) is 0 Å². The smallest absolute Gasteiger partial charge is 0.277 e. The summed E-state index contributed by atoms with van der Waals surface area (Å²) in [6, 6.07) is 0.345.